The molecule has 2 heterocycles. The number of fused-ring (bicyclic) bond motifs is 1. The lowest BCUT2D eigenvalue weighted by molar-refractivity contribution is -0.133. The maximum atomic E-state index is 13.2. The minimum atomic E-state index is -0.106. The van der Waals surface area contributed by atoms with E-state index in [2.05, 4.69) is 10.2 Å². The highest BCUT2D eigenvalue weighted by Gasteiger charge is 2.36. The van der Waals surface area contributed by atoms with Crippen LogP contribution in [0.2, 0.25) is 0 Å². The number of hydrogen-bond donors (Lipinski definition) is 1. The molecule has 0 bridgehead atoms. The van der Waals surface area contributed by atoms with E-state index in [1.807, 2.05) is 23.1 Å². The molecule has 0 spiro atoms. The maximum absolute atomic E-state index is 13.2. The number of carbonyl (C=O) groups is 2. The molecule has 1 saturated heterocycles. The van der Waals surface area contributed by atoms with Crippen molar-refractivity contribution in [2.75, 3.05) is 33.0 Å². The third-order valence-electron chi connectivity index (χ3n) is 6.17. The number of amides is 2. The number of piperazine rings is 1. The zero-order valence-electron chi connectivity index (χ0n) is 16.5. The Hall–Kier alpha value is -2.28. The van der Waals surface area contributed by atoms with Gasteiger partial charge in [0.05, 0.1) is 6.04 Å². The third-order valence-corrected chi connectivity index (χ3v) is 6.17. The van der Waals surface area contributed by atoms with Crippen LogP contribution in [0.15, 0.2) is 18.2 Å². The van der Waals surface area contributed by atoms with Crippen molar-refractivity contribution >= 4 is 11.8 Å². The summed E-state index contributed by atoms with van der Waals surface area (Å²) in [6.45, 7) is 5.27. The molecule has 2 aliphatic heterocycles. The first-order valence-corrected chi connectivity index (χ1v) is 10.3. The predicted octanol–water partition coefficient (Wildman–Crippen LogP) is 1.75. The number of nitrogens with zero attached hydrogens (tertiary/aromatic N) is 2. The molecule has 2 fully saturated rings. The Balaban J connectivity index is 1.40. The van der Waals surface area contributed by atoms with Gasteiger partial charge in [-0.05, 0) is 36.5 Å². The van der Waals surface area contributed by atoms with Crippen LogP contribution in [0.5, 0.6) is 11.5 Å². The Morgan fingerprint density at radius 2 is 1.82 bits per heavy atom. The molecule has 7 nitrogen and oxygen atoms in total. The molecule has 1 aliphatic carbocycles. The molecule has 1 aromatic rings. The minimum Gasteiger partial charge on any atom is -0.454 e. The smallest absolute Gasteiger partial charge is 0.237 e. The molecular weight excluding hydrogens is 358 g/mol. The minimum absolute atomic E-state index is 0.0980. The number of rotatable bonds is 5. The summed E-state index contributed by atoms with van der Waals surface area (Å²) in [5.74, 6) is 2.10. The van der Waals surface area contributed by atoms with Crippen LogP contribution < -0.4 is 14.8 Å². The zero-order valence-corrected chi connectivity index (χ0v) is 16.5. The average Bonchev–Trinajstić information content (AvgIpc) is 3.38. The fourth-order valence-electron chi connectivity index (χ4n) is 4.61. The molecule has 1 N–H and O–H groups in total. The van der Waals surface area contributed by atoms with Gasteiger partial charge in [0.25, 0.3) is 0 Å². The predicted molar refractivity (Wildman–Crippen MR) is 104 cm³/mol. The number of hydrogen-bond acceptors (Lipinski definition) is 5. The lowest BCUT2D eigenvalue weighted by atomic mass is 9.95. The molecule has 1 aromatic carbocycles. The zero-order chi connectivity index (χ0) is 19.5. The Morgan fingerprint density at radius 1 is 1.11 bits per heavy atom. The van der Waals surface area contributed by atoms with Crippen LogP contribution in [0, 0.1) is 5.92 Å². The molecular formula is C21H29N3O4. The topological polar surface area (TPSA) is 71.1 Å². The number of benzene rings is 1. The molecule has 0 aromatic heterocycles. The van der Waals surface area contributed by atoms with Gasteiger partial charge in [-0.1, -0.05) is 18.9 Å². The van der Waals surface area contributed by atoms with Crippen molar-refractivity contribution in [2.24, 2.45) is 5.92 Å². The van der Waals surface area contributed by atoms with Crippen LogP contribution >= 0.6 is 0 Å². The van der Waals surface area contributed by atoms with E-state index in [9.17, 15) is 9.59 Å². The summed E-state index contributed by atoms with van der Waals surface area (Å²) in [5.41, 5.74) is 1.00. The van der Waals surface area contributed by atoms with Gasteiger partial charge >= 0.3 is 0 Å². The van der Waals surface area contributed by atoms with E-state index in [0.29, 0.717) is 25.6 Å². The van der Waals surface area contributed by atoms with Crippen molar-refractivity contribution in [3.8, 4) is 11.5 Å². The Labute approximate surface area is 166 Å². The molecule has 152 valence electrons. The van der Waals surface area contributed by atoms with Crippen LogP contribution in [-0.4, -0.2) is 60.6 Å². The number of carbonyl (C=O) groups excluding carboxylic acids is 2. The largest absolute Gasteiger partial charge is 0.454 e. The van der Waals surface area contributed by atoms with Crippen LogP contribution in [0.1, 0.15) is 38.2 Å². The summed E-state index contributed by atoms with van der Waals surface area (Å²) in [6.07, 6.45) is 4.61. The van der Waals surface area contributed by atoms with Crippen LogP contribution in [-0.2, 0) is 16.1 Å². The summed E-state index contributed by atoms with van der Waals surface area (Å²) in [6, 6.07) is 5.67. The fourth-order valence-corrected chi connectivity index (χ4v) is 4.61. The van der Waals surface area contributed by atoms with Crippen molar-refractivity contribution in [3.63, 3.8) is 0 Å². The highest BCUT2D eigenvalue weighted by molar-refractivity contribution is 5.82. The van der Waals surface area contributed by atoms with Crippen LogP contribution in [0.3, 0.4) is 0 Å². The van der Waals surface area contributed by atoms with Gasteiger partial charge in [0.2, 0.25) is 18.6 Å². The summed E-state index contributed by atoms with van der Waals surface area (Å²) in [5, 5.41) is 3.14. The summed E-state index contributed by atoms with van der Waals surface area (Å²) in [7, 11) is 0. The molecule has 1 unspecified atom stereocenters. The first-order valence-electron chi connectivity index (χ1n) is 10.3. The molecule has 1 saturated carbocycles. The fraction of sp³-hybridized carbons (Fsp3) is 0.619. The average molecular weight is 387 g/mol. The van der Waals surface area contributed by atoms with Crippen LogP contribution in [0.4, 0.5) is 0 Å². The van der Waals surface area contributed by atoms with E-state index in [0.717, 1.165) is 43.0 Å². The van der Waals surface area contributed by atoms with Gasteiger partial charge in [-0.3, -0.25) is 14.5 Å². The molecule has 2 amide bonds. The van der Waals surface area contributed by atoms with Gasteiger partial charge in [-0.25, -0.2) is 0 Å². The lowest BCUT2D eigenvalue weighted by Crippen LogP contribution is -2.57. The second-order valence-corrected chi connectivity index (χ2v) is 7.94. The van der Waals surface area contributed by atoms with E-state index >= 15 is 0 Å². The first-order chi connectivity index (χ1) is 13.6. The molecule has 4 rings (SSSR count). The summed E-state index contributed by atoms with van der Waals surface area (Å²) in [4.78, 5) is 28.9. The third kappa shape index (κ3) is 4.09. The lowest BCUT2D eigenvalue weighted by Gasteiger charge is -2.40. The quantitative estimate of drug-likeness (QED) is 0.834. The van der Waals surface area contributed by atoms with Crippen molar-refractivity contribution < 1.29 is 19.1 Å². The highest BCUT2D eigenvalue weighted by Crippen LogP contribution is 2.33. The van der Waals surface area contributed by atoms with Crippen LogP contribution in [0.25, 0.3) is 0 Å². The standard InChI is InChI=1S/C21H29N3O4/c1-15(25)23-8-10-24(11-9-23)20(17-4-2-3-5-17)21(26)22-13-16-6-7-18-19(12-16)28-14-27-18/h6-7,12,17,20H,2-5,8-11,13-14H2,1H3,(H,22,26). The van der Waals surface area contributed by atoms with E-state index in [-0.39, 0.29) is 24.6 Å². The summed E-state index contributed by atoms with van der Waals surface area (Å²) < 4.78 is 10.8. The molecule has 3 aliphatic rings. The van der Waals surface area contributed by atoms with Gasteiger partial charge in [-0.2, -0.15) is 0 Å². The van der Waals surface area contributed by atoms with Crippen molar-refractivity contribution in [3.05, 3.63) is 23.8 Å². The van der Waals surface area contributed by atoms with Gasteiger partial charge in [0.15, 0.2) is 11.5 Å². The van der Waals surface area contributed by atoms with E-state index < -0.39 is 0 Å². The van der Waals surface area contributed by atoms with Gasteiger partial charge in [0.1, 0.15) is 0 Å². The maximum Gasteiger partial charge on any atom is 0.237 e. The second-order valence-electron chi connectivity index (χ2n) is 7.94. The van der Waals surface area contributed by atoms with Gasteiger partial charge < -0.3 is 19.7 Å². The Kier molecular flexibility index (Phi) is 5.71. The molecule has 1 atom stereocenters. The highest BCUT2D eigenvalue weighted by atomic mass is 16.7. The number of nitrogens with one attached hydrogen (secondary N) is 1. The molecule has 7 heteroatoms. The van der Waals surface area contributed by atoms with E-state index in [4.69, 9.17) is 9.47 Å². The van der Waals surface area contributed by atoms with Crippen molar-refractivity contribution in [1.29, 1.82) is 0 Å². The van der Waals surface area contributed by atoms with Crippen molar-refractivity contribution in [1.82, 2.24) is 15.1 Å². The SMILES string of the molecule is CC(=O)N1CCN(C(C(=O)NCc2ccc3c(c2)OCO3)C2CCCC2)CC1. The van der Waals surface area contributed by atoms with Gasteiger partial charge in [-0.15, -0.1) is 0 Å². The Morgan fingerprint density at radius 3 is 2.54 bits per heavy atom. The number of ether oxygens (including phenoxy) is 2. The monoisotopic (exact) mass is 387 g/mol. The Bertz CT molecular complexity index is 724. The molecule has 28 heavy (non-hydrogen) atoms. The second kappa shape index (κ2) is 8.39. The van der Waals surface area contributed by atoms with E-state index in [1.165, 1.54) is 12.8 Å². The normalized spacial score (nSPS) is 21.0. The van der Waals surface area contributed by atoms with E-state index in [1.54, 1.807) is 6.92 Å². The van der Waals surface area contributed by atoms with Gasteiger partial charge in [0, 0.05) is 39.6 Å². The first kappa shape index (κ1) is 19.1. The summed E-state index contributed by atoms with van der Waals surface area (Å²) >= 11 is 0. The van der Waals surface area contributed by atoms with Crippen molar-refractivity contribution in [2.45, 2.75) is 45.2 Å². The molecule has 0 radical (unpaired) electrons.